The molecule has 3 N–H and O–H groups in total. The van der Waals surface area contributed by atoms with Gasteiger partial charge in [0.1, 0.15) is 5.82 Å². The average molecular weight is 300 g/mol. The Labute approximate surface area is 107 Å². The van der Waals surface area contributed by atoms with Crippen LogP contribution in [0.25, 0.3) is 10.6 Å². The van der Waals surface area contributed by atoms with Crippen molar-refractivity contribution in [2.75, 3.05) is 0 Å². The summed E-state index contributed by atoms with van der Waals surface area (Å²) < 4.78 is 1.13. The zero-order valence-corrected chi connectivity index (χ0v) is 11.4. The quantitative estimate of drug-likeness (QED) is 0.911. The fourth-order valence-electron chi connectivity index (χ4n) is 1.44. The second-order valence-electron chi connectivity index (χ2n) is 3.86. The summed E-state index contributed by atoms with van der Waals surface area (Å²) >= 11 is 5.15. The van der Waals surface area contributed by atoms with Crippen LogP contribution in [0.5, 0.6) is 0 Å². The summed E-state index contributed by atoms with van der Waals surface area (Å²) in [6, 6.07) is 4.35. The molecule has 16 heavy (non-hydrogen) atoms. The molecule has 0 radical (unpaired) electrons. The van der Waals surface area contributed by atoms with Crippen LogP contribution in [0.15, 0.2) is 22.1 Å². The lowest BCUT2D eigenvalue weighted by Crippen LogP contribution is -2.15. The van der Waals surface area contributed by atoms with Gasteiger partial charge in [0, 0.05) is 12.5 Å². The first-order chi connectivity index (χ1) is 7.65. The van der Waals surface area contributed by atoms with Gasteiger partial charge in [0.05, 0.1) is 20.6 Å². The highest BCUT2D eigenvalue weighted by atomic mass is 79.9. The van der Waals surface area contributed by atoms with Crippen molar-refractivity contribution >= 4 is 27.3 Å². The zero-order valence-electron chi connectivity index (χ0n) is 9.03. The third-order valence-electron chi connectivity index (χ3n) is 2.30. The van der Waals surface area contributed by atoms with Crippen LogP contribution < -0.4 is 5.73 Å². The van der Waals surface area contributed by atoms with Gasteiger partial charge in [-0.2, -0.15) is 0 Å². The molecular formula is C11H14BrN3S. The van der Waals surface area contributed by atoms with Gasteiger partial charge in [-0.1, -0.05) is 0 Å². The van der Waals surface area contributed by atoms with Crippen molar-refractivity contribution in [2.45, 2.75) is 25.8 Å². The molecule has 0 saturated heterocycles. The van der Waals surface area contributed by atoms with E-state index in [0.29, 0.717) is 0 Å². The third kappa shape index (κ3) is 2.93. The molecule has 2 heterocycles. The van der Waals surface area contributed by atoms with Gasteiger partial charge in [-0.25, -0.2) is 4.98 Å². The first-order valence-electron chi connectivity index (χ1n) is 5.20. The number of halogens is 1. The summed E-state index contributed by atoms with van der Waals surface area (Å²) in [5, 5.41) is 0. The highest BCUT2D eigenvalue weighted by Gasteiger charge is 2.06. The fraction of sp³-hybridized carbons (Fsp3) is 0.364. The van der Waals surface area contributed by atoms with Crippen molar-refractivity contribution in [3.05, 3.63) is 27.9 Å². The Balaban J connectivity index is 2.07. The standard InChI is InChI=1S/C11H14BrN3S/c1-7(13)2-5-11-14-6-8(15-11)9-3-4-10(12)16-9/h3-4,6-7H,2,5,13H2,1H3,(H,14,15). The monoisotopic (exact) mass is 299 g/mol. The van der Waals surface area contributed by atoms with E-state index in [-0.39, 0.29) is 6.04 Å². The molecule has 0 amide bonds. The van der Waals surface area contributed by atoms with E-state index >= 15 is 0 Å². The highest BCUT2D eigenvalue weighted by molar-refractivity contribution is 9.11. The molecule has 0 fully saturated rings. The van der Waals surface area contributed by atoms with Crippen LogP contribution in [0, 0.1) is 0 Å². The molecule has 0 aliphatic heterocycles. The largest absolute Gasteiger partial charge is 0.341 e. The van der Waals surface area contributed by atoms with Crippen LogP contribution in [-0.2, 0) is 6.42 Å². The number of aromatic amines is 1. The number of hydrogen-bond donors (Lipinski definition) is 2. The Morgan fingerprint density at radius 2 is 2.38 bits per heavy atom. The number of thiophene rings is 1. The highest BCUT2D eigenvalue weighted by Crippen LogP contribution is 2.30. The predicted octanol–water partition coefficient (Wildman–Crippen LogP) is 3.18. The van der Waals surface area contributed by atoms with Gasteiger partial charge in [0.25, 0.3) is 0 Å². The maximum atomic E-state index is 5.72. The van der Waals surface area contributed by atoms with Crippen molar-refractivity contribution in [1.82, 2.24) is 9.97 Å². The number of rotatable bonds is 4. The van der Waals surface area contributed by atoms with Crippen molar-refractivity contribution in [3.63, 3.8) is 0 Å². The molecule has 0 bridgehead atoms. The maximum absolute atomic E-state index is 5.72. The van der Waals surface area contributed by atoms with Crippen molar-refractivity contribution in [3.8, 4) is 10.6 Å². The molecule has 1 atom stereocenters. The molecular weight excluding hydrogens is 286 g/mol. The van der Waals surface area contributed by atoms with Crippen molar-refractivity contribution in [2.24, 2.45) is 5.73 Å². The van der Waals surface area contributed by atoms with Gasteiger partial charge in [-0.05, 0) is 41.4 Å². The van der Waals surface area contributed by atoms with Crippen LogP contribution in [0.2, 0.25) is 0 Å². The minimum atomic E-state index is 0.226. The van der Waals surface area contributed by atoms with Gasteiger partial charge < -0.3 is 10.7 Å². The van der Waals surface area contributed by atoms with E-state index in [1.54, 1.807) is 11.3 Å². The van der Waals surface area contributed by atoms with Crippen LogP contribution in [0.4, 0.5) is 0 Å². The Morgan fingerprint density at radius 1 is 1.56 bits per heavy atom. The van der Waals surface area contributed by atoms with E-state index in [1.807, 2.05) is 19.2 Å². The molecule has 0 aliphatic carbocycles. The summed E-state index contributed by atoms with van der Waals surface area (Å²) in [7, 11) is 0. The molecule has 2 aromatic rings. The number of imidazole rings is 1. The summed E-state index contributed by atoms with van der Waals surface area (Å²) in [4.78, 5) is 8.88. The smallest absolute Gasteiger partial charge is 0.106 e. The van der Waals surface area contributed by atoms with E-state index in [4.69, 9.17) is 5.73 Å². The number of hydrogen-bond acceptors (Lipinski definition) is 3. The van der Waals surface area contributed by atoms with Crippen LogP contribution in [0.1, 0.15) is 19.2 Å². The molecule has 86 valence electrons. The van der Waals surface area contributed by atoms with E-state index in [9.17, 15) is 0 Å². The van der Waals surface area contributed by atoms with Crippen molar-refractivity contribution in [1.29, 1.82) is 0 Å². The second kappa shape index (κ2) is 5.12. The minimum absolute atomic E-state index is 0.226. The zero-order chi connectivity index (χ0) is 11.5. The van der Waals surface area contributed by atoms with Crippen LogP contribution in [-0.4, -0.2) is 16.0 Å². The van der Waals surface area contributed by atoms with E-state index in [2.05, 4.69) is 32.0 Å². The van der Waals surface area contributed by atoms with Gasteiger partial charge in [-0.15, -0.1) is 11.3 Å². The molecule has 0 saturated carbocycles. The van der Waals surface area contributed by atoms with Gasteiger partial charge >= 0.3 is 0 Å². The molecule has 3 nitrogen and oxygen atoms in total. The predicted molar refractivity (Wildman–Crippen MR) is 71.6 cm³/mol. The lowest BCUT2D eigenvalue weighted by atomic mass is 10.2. The molecule has 2 rings (SSSR count). The lowest BCUT2D eigenvalue weighted by Gasteiger charge is -2.01. The van der Waals surface area contributed by atoms with E-state index in [0.717, 1.165) is 28.1 Å². The lowest BCUT2D eigenvalue weighted by molar-refractivity contribution is 0.652. The SMILES string of the molecule is CC(N)CCc1ncc(-c2ccc(Br)s2)[nH]1. The molecule has 5 heteroatoms. The Morgan fingerprint density at radius 3 is 3.00 bits per heavy atom. The van der Waals surface area contributed by atoms with E-state index in [1.165, 1.54) is 4.88 Å². The number of H-pyrrole nitrogens is 1. The first-order valence-corrected chi connectivity index (χ1v) is 6.81. The van der Waals surface area contributed by atoms with Crippen LogP contribution >= 0.6 is 27.3 Å². The Hall–Kier alpha value is -0.650. The Bertz CT molecular complexity index is 461. The van der Waals surface area contributed by atoms with Gasteiger partial charge in [0.15, 0.2) is 0 Å². The molecule has 0 spiro atoms. The van der Waals surface area contributed by atoms with Crippen molar-refractivity contribution < 1.29 is 0 Å². The summed E-state index contributed by atoms with van der Waals surface area (Å²) in [6.45, 7) is 2.01. The summed E-state index contributed by atoms with van der Waals surface area (Å²) in [5.74, 6) is 1.01. The number of nitrogens with two attached hydrogens (primary N) is 1. The van der Waals surface area contributed by atoms with Gasteiger partial charge in [-0.3, -0.25) is 0 Å². The van der Waals surface area contributed by atoms with Gasteiger partial charge in [0.2, 0.25) is 0 Å². The molecule has 2 aromatic heterocycles. The van der Waals surface area contributed by atoms with E-state index < -0.39 is 0 Å². The minimum Gasteiger partial charge on any atom is -0.341 e. The Kier molecular flexibility index (Phi) is 3.78. The molecule has 0 aliphatic rings. The second-order valence-corrected chi connectivity index (χ2v) is 6.33. The summed E-state index contributed by atoms with van der Waals surface area (Å²) in [5.41, 5.74) is 6.79. The fourth-order valence-corrected chi connectivity index (χ4v) is 2.79. The maximum Gasteiger partial charge on any atom is 0.106 e. The number of aryl methyl sites for hydroxylation is 1. The summed E-state index contributed by atoms with van der Waals surface area (Å²) in [6.07, 6.45) is 3.75. The topological polar surface area (TPSA) is 54.7 Å². The average Bonchev–Trinajstić information content (AvgIpc) is 2.83. The number of nitrogens with zero attached hydrogens (tertiary/aromatic N) is 1. The van der Waals surface area contributed by atoms with Crippen LogP contribution in [0.3, 0.4) is 0 Å². The number of aromatic nitrogens is 2. The normalized spacial score (nSPS) is 12.9. The third-order valence-corrected chi connectivity index (χ3v) is 3.96. The first kappa shape index (κ1) is 11.8. The molecule has 0 aromatic carbocycles. The molecule has 1 unspecified atom stereocenters. The number of nitrogens with one attached hydrogen (secondary N) is 1.